The number of nitrogens with one attached hydrogen (secondary N) is 1. The molecule has 1 aliphatic carbocycles. The molecule has 0 amide bonds. The molecule has 1 aliphatic rings. The van der Waals surface area contributed by atoms with Gasteiger partial charge in [0.15, 0.2) is 5.82 Å². The van der Waals surface area contributed by atoms with Crippen molar-refractivity contribution < 1.29 is 0 Å². The first-order valence-electron chi connectivity index (χ1n) is 12.4. The van der Waals surface area contributed by atoms with Crippen molar-refractivity contribution >= 4 is 34.1 Å². The summed E-state index contributed by atoms with van der Waals surface area (Å²) >= 11 is 0. The van der Waals surface area contributed by atoms with Gasteiger partial charge in [0.1, 0.15) is 0 Å². The van der Waals surface area contributed by atoms with Crippen LogP contribution in [0.4, 0.5) is 11.5 Å². The number of anilines is 2. The minimum Gasteiger partial charge on any atom is -0.402 e. The first kappa shape index (κ1) is 25.1. The maximum atomic E-state index is 6.57. The van der Waals surface area contributed by atoms with Crippen LogP contribution >= 0.6 is 0 Å². The highest BCUT2D eigenvalue weighted by atomic mass is 15.2. The molecule has 0 bridgehead atoms. The van der Waals surface area contributed by atoms with E-state index >= 15 is 0 Å². The molecule has 3 N–H and O–H groups in total. The van der Waals surface area contributed by atoms with Crippen LogP contribution in [0.25, 0.3) is 16.3 Å². The normalized spacial score (nSPS) is 14.9. The zero-order valence-corrected chi connectivity index (χ0v) is 21.8. The molecule has 3 aromatic rings. The lowest BCUT2D eigenvalue weighted by molar-refractivity contribution is 0.756. The average molecular weight is 478 g/mol. The van der Waals surface area contributed by atoms with Crippen LogP contribution in [0, 0.1) is 5.92 Å². The fourth-order valence-corrected chi connectivity index (χ4v) is 4.78. The van der Waals surface area contributed by atoms with Crippen LogP contribution in [-0.4, -0.2) is 23.5 Å². The summed E-state index contributed by atoms with van der Waals surface area (Å²) in [5.41, 5.74) is 15.4. The number of allylic oxidation sites excluding steroid dienone is 8. The van der Waals surface area contributed by atoms with Gasteiger partial charge in [0.2, 0.25) is 0 Å². The number of aromatic nitrogens is 2. The quantitative estimate of drug-likeness (QED) is 0.266. The van der Waals surface area contributed by atoms with Crippen molar-refractivity contribution in [1.82, 2.24) is 10.2 Å². The highest BCUT2D eigenvalue weighted by Gasteiger charge is 2.15. The first-order valence-corrected chi connectivity index (χ1v) is 12.4. The summed E-state index contributed by atoms with van der Waals surface area (Å²) in [7, 11) is 1.77. The van der Waals surface area contributed by atoms with Crippen LogP contribution < -0.4 is 11.1 Å². The fourth-order valence-electron chi connectivity index (χ4n) is 4.78. The van der Waals surface area contributed by atoms with E-state index in [1.54, 1.807) is 7.05 Å². The van der Waals surface area contributed by atoms with Crippen LogP contribution in [0.2, 0.25) is 0 Å². The molecule has 0 saturated heterocycles. The second-order valence-electron chi connectivity index (χ2n) is 9.61. The third-order valence-electron chi connectivity index (χ3n) is 6.47. The summed E-state index contributed by atoms with van der Waals surface area (Å²) < 4.78 is 0. The summed E-state index contributed by atoms with van der Waals surface area (Å²) in [5, 5.41) is 14.8. The molecule has 0 fully saturated rings. The van der Waals surface area contributed by atoms with E-state index in [-0.39, 0.29) is 0 Å². The van der Waals surface area contributed by atoms with Gasteiger partial charge in [0.05, 0.1) is 5.69 Å². The monoisotopic (exact) mass is 477 g/mol. The Morgan fingerprint density at radius 3 is 2.44 bits per heavy atom. The minimum atomic E-state index is 0.335. The molecule has 0 aliphatic heterocycles. The van der Waals surface area contributed by atoms with Crippen molar-refractivity contribution in [3.05, 3.63) is 100 Å². The molecule has 5 heteroatoms. The van der Waals surface area contributed by atoms with Crippen LogP contribution in [0.3, 0.4) is 0 Å². The SMILES string of the molecule is C\N=C/C=C(C)/C(=C(/N)Cc1ccc(Nc2nnc(C3=CC(C)=CC3)c3ccccc23)cc1)C(C)C. The van der Waals surface area contributed by atoms with E-state index in [0.29, 0.717) is 12.3 Å². The predicted molar refractivity (Wildman–Crippen MR) is 154 cm³/mol. The van der Waals surface area contributed by atoms with E-state index in [9.17, 15) is 0 Å². The Kier molecular flexibility index (Phi) is 7.79. The summed E-state index contributed by atoms with van der Waals surface area (Å²) in [6.45, 7) is 8.56. The first-order chi connectivity index (χ1) is 17.4. The maximum absolute atomic E-state index is 6.57. The topological polar surface area (TPSA) is 76.2 Å². The molecule has 36 heavy (non-hydrogen) atoms. The molecule has 0 spiro atoms. The van der Waals surface area contributed by atoms with Crippen molar-refractivity contribution in [3.8, 4) is 0 Å². The highest BCUT2D eigenvalue weighted by Crippen LogP contribution is 2.33. The zero-order chi connectivity index (χ0) is 25.7. The Morgan fingerprint density at radius 1 is 1.08 bits per heavy atom. The van der Waals surface area contributed by atoms with Crippen molar-refractivity contribution in [3.63, 3.8) is 0 Å². The van der Waals surface area contributed by atoms with Crippen LogP contribution in [0.15, 0.2) is 94.2 Å². The van der Waals surface area contributed by atoms with Crippen LogP contribution in [0.1, 0.15) is 45.4 Å². The number of hydrogen-bond acceptors (Lipinski definition) is 5. The zero-order valence-electron chi connectivity index (χ0n) is 21.8. The van der Waals surface area contributed by atoms with Gasteiger partial charge < -0.3 is 11.1 Å². The molecular formula is C31H35N5. The van der Waals surface area contributed by atoms with Gasteiger partial charge in [-0.1, -0.05) is 68.0 Å². The third kappa shape index (κ3) is 5.62. The molecule has 184 valence electrons. The van der Waals surface area contributed by atoms with E-state index in [2.05, 4.69) is 103 Å². The highest BCUT2D eigenvalue weighted by molar-refractivity contribution is 5.99. The molecule has 0 unspecified atom stereocenters. The van der Waals surface area contributed by atoms with Gasteiger partial charge >= 0.3 is 0 Å². The molecule has 0 saturated carbocycles. The maximum Gasteiger partial charge on any atom is 0.161 e. The molecule has 2 aromatic carbocycles. The van der Waals surface area contributed by atoms with Gasteiger partial charge in [0.25, 0.3) is 0 Å². The van der Waals surface area contributed by atoms with Gasteiger partial charge in [0, 0.05) is 41.8 Å². The van der Waals surface area contributed by atoms with Crippen LogP contribution in [0.5, 0.6) is 0 Å². The van der Waals surface area contributed by atoms with Crippen LogP contribution in [-0.2, 0) is 6.42 Å². The Morgan fingerprint density at radius 2 is 1.81 bits per heavy atom. The van der Waals surface area contributed by atoms with Crippen molar-refractivity contribution in [2.24, 2.45) is 16.6 Å². The van der Waals surface area contributed by atoms with Gasteiger partial charge in [-0.2, -0.15) is 0 Å². The Bertz CT molecular complexity index is 1400. The standard InChI is InChI=1S/C31H35N5/c1-20(2)29(22(4)16-17-33-5)28(32)19-23-11-14-25(15-12-23)34-31-27-9-7-6-8-26(27)30(35-36-31)24-13-10-21(3)18-24/h6-12,14-18,20H,13,19,32H2,1-5H3,(H,34,36)/b22-16+,29-28+,33-17-. The number of nitrogens with zero attached hydrogens (tertiary/aromatic N) is 3. The van der Waals surface area contributed by atoms with Gasteiger partial charge in [-0.05, 0) is 66.7 Å². The number of aliphatic imine (C=N–C) groups is 1. The number of fused-ring (bicyclic) bond motifs is 1. The Labute approximate surface area is 214 Å². The fraction of sp³-hybridized carbons (Fsp3) is 0.258. The molecule has 1 aromatic heterocycles. The van der Waals surface area contributed by atoms with E-state index in [0.717, 1.165) is 51.2 Å². The number of rotatable bonds is 8. The second-order valence-corrected chi connectivity index (χ2v) is 9.61. The molecule has 5 nitrogen and oxygen atoms in total. The molecule has 1 heterocycles. The van der Waals surface area contributed by atoms with E-state index < -0.39 is 0 Å². The van der Waals surface area contributed by atoms with E-state index in [1.165, 1.54) is 16.7 Å². The average Bonchev–Trinajstić information content (AvgIpc) is 3.30. The molecule has 4 rings (SSSR count). The lowest BCUT2D eigenvalue weighted by atomic mass is 9.91. The summed E-state index contributed by atoms with van der Waals surface area (Å²) in [4.78, 5) is 4.06. The van der Waals surface area contributed by atoms with Crippen molar-refractivity contribution in [1.29, 1.82) is 0 Å². The second kappa shape index (κ2) is 11.2. The van der Waals surface area contributed by atoms with E-state index in [4.69, 9.17) is 5.73 Å². The minimum absolute atomic E-state index is 0.335. The van der Waals surface area contributed by atoms with Crippen molar-refractivity contribution in [2.45, 2.75) is 40.5 Å². The van der Waals surface area contributed by atoms with Crippen molar-refractivity contribution in [2.75, 3.05) is 12.4 Å². The van der Waals surface area contributed by atoms with Gasteiger partial charge in [-0.25, -0.2) is 0 Å². The molecule has 0 atom stereocenters. The predicted octanol–water partition coefficient (Wildman–Crippen LogP) is 7.17. The Hall–Kier alpha value is -3.99. The summed E-state index contributed by atoms with van der Waals surface area (Å²) in [6, 6.07) is 16.7. The van der Waals surface area contributed by atoms with Gasteiger partial charge in [-0.3, -0.25) is 4.99 Å². The summed E-state index contributed by atoms with van der Waals surface area (Å²) in [5.74, 6) is 1.09. The summed E-state index contributed by atoms with van der Waals surface area (Å²) in [6.07, 6.45) is 9.85. The molecule has 0 radical (unpaired) electrons. The Balaban J connectivity index is 1.56. The lowest BCUT2D eigenvalue weighted by Crippen LogP contribution is -2.11. The number of hydrogen-bond donors (Lipinski definition) is 2. The van der Waals surface area contributed by atoms with Gasteiger partial charge in [-0.15, -0.1) is 10.2 Å². The lowest BCUT2D eigenvalue weighted by Gasteiger charge is -2.17. The largest absolute Gasteiger partial charge is 0.402 e. The smallest absolute Gasteiger partial charge is 0.161 e. The third-order valence-corrected chi connectivity index (χ3v) is 6.47. The van der Waals surface area contributed by atoms with E-state index in [1.807, 2.05) is 18.4 Å². The number of nitrogens with two attached hydrogens (primary N) is 1. The number of benzene rings is 2. The molecular weight excluding hydrogens is 442 g/mol.